The smallest absolute Gasteiger partial charge is 0.176 e. The van der Waals surface area contributed by atoms with Crippen LogP contribution in [0, 0.1) is 0 Å². The van der Waals surface area contributed by atoms with Crippen LogP contribution in [-0.4, -0.2) is 26.2 Å². The summed E-state index contributed by atoms with van der Waals surface area (Å²) in [5, 5.41) is 11.9. The normalized spacial score (nSPS) is 12.9. The molecule has 0 fully saturated rings. The Kier molecular flexibility index (Phi) is 6.77. The summed E-state index contributed by atoms with van der Waals surface area (Å²) in [7, 11) is 1.77. The number of aromatic nitrogens is 4. The minimum absolute atomic E-state index is 0.172. The number of hydrogen-bond donors (Lipinski definition) is 1. The Morgan fingerprint density at radius 2 is 1.88 bits per heavy atom. The van der Waals surface area contributed by atoms with Crippen molar-refractivity contribution in [3.63, 3.8) is 0 Å². The van der Waals surface area contributed by atoms with Crippen molar-refractivity contribution in [1.82, 2.24) is 20.2 Å². The molecular weight excluding hydrogens is 214 g/mol. The molecule has 1 aromatic heterocycles. The van der Waals surface area contributed by atoms with E-state index in [9.17, 15) is 0 Å². The lowest BCUT2D eigenvalue weighted by Crippen LogP contribution is -2.23. The zero-order chi connectivity index (χ0) is 12.5. The molecule has 98 valence electrons. The van der Waals surface area contributed by atoms with Gasteiger partial charge in [-0.2, -0.15) is 4.80 Å². The first-order valence-electron chi connectivity index (χ1n) is 6.70. The molecule has 0 aliphatic rings. The third-order valence-corrected chi connectivity index (χ3v) is 2.92. The fraction of sp³-hybridized carbons (Fsp3) is 0.917. The van der Waals surface area contributed by atoms with Gasteiger partial charge in [0.15, 0.2) is 5.82 Å². The second kappa shape index (κ2) is 8.17. The first kappa shape index (κ1) is 14.1. The molecular formula is C12H25N5. The topological polar surface area (TPSA) is 69.6 Å². The number of rotatable bonds is 9. The number of nitrogens with zero attached hydrogens (tertiary/aromatic N) is 4. The van der Waals surface area contributed by atoms with Gasteiger partial charge in [0.2, 0.25) is 0 Å². The summed E-state index contributed by atoms with van der Waals surface area (Å²) in [5.74, 6) is 0.756. The maximum Gasteiger partial charge on any atom is 0.176 e. The molecule has 0 bridgehead atoms. The third-order valence-electron chi connectivity index (χ3n) is 2.92. The van der Waals surface area contributed by atoms with Crippen LogP contribution < -0.4 is 5.73 Å². The molecule has 0 radical (unpaired) electrons. The molecule has 0 aliphatic heterocycles. The van der Waals surface area contributed by atoms with Gasteiger partial charge in [-0.15, -0.1) is 10.2 Å². The molecule has 0 spiro atoms. The fourth-order valence-corrected chi connectivity index (χ4v) is 1.93. The molecule has 0 aliphatic carbocycles. The van der Waals surface area contributed by atoms with Crippen molar-refractivity contribution in [2.75, 3.05) is 0 Å². The average molecular weight is 239 g/mol. The molecule has 5 nitrogen and oxygen atoms in total. The van der Waals surface area contributed by atoms with Gasteiger partial charge >= 0.3 is 0 Å². The van der Waals surface area contributed by atoms with Crippen LogP contribution in [0.1, 0.15) is 57.7 Å². The van der Waals surface area contributed by atoms with Crippen LogP contribution in [0.15, 0.2) is 0 Å². The lowest BCUT2D eigenvalue weighted by Gasteiger charge is -2.08. The van der Waals surface area contributed by atoms with Gasteiger partial charge in [-0.1, -0.05) is 45.4 Å². The van der Waals surface area contributed by atoms with Crippen LogP contribution in [0.2, 0.25) is 0 Å². The van der Waals surface area contributed by atoms with E-state index in [1.807, 2.05) is 0 Å². The van der Waals surface area contributed by atoms with E-state index in [1.54, 1.807) is 7.05 Å². The van der Waals surface area contributed by atoms with E-state index in [1.165, 1.54) is 43.3 Å². The highest BCUT2D eigenvalue weighted by Crippen LogP contribution is 2.09. The number of hydrogen-bond acceptors (Lipinski definition) is 4. The van der Waals surface area contributed by atoms with Gasteiger partial charge in [-0.3, -0.25) is 0 Å². The van der Waals surface area contributed by atoms with Gasteiger partial charge in [-0.05, 0) is 11.6 Å². The Labute approximate surface area is 104 Å². The summed E-state index contributed by atoms with van der Waals surface area (Å²) >= 11 is 0. The Morgan fingerprint density at radius 1 is 1.18 bits per heavy atom. The average Bonchev–Trinajstić information content (AvgIpc) is 2.69. The number of nitrogens with two attached hydrogens (primary N) is 1. The van der Waals surface area contributed by atoms with Crippen LogP contribution in [0.25, 0.3) is 0 Å². The minimum Gasteiger partial charge on any atom is -0.327 e. The lowest BCUT2D eigenvalue weighted by molar-refractivity contribution is 0.524. The second-order valence-electron chi connectivity index (χ2n) is 4.72. The summed E-state index contributed by atoms with van der Waals surface area (Å²) in [6, 6.07) is 0.172. The van der Waals surface area contributed by atoms with Gasteiger partial charge in [0.1, 0.15) is 0 Å². The number of unbranched alkanes of at least 4 members (excludes halogenated alkanes) is 5. The van der Waals surface area contributed by atoms with Crippen molar-refractivity contribution in [3.05, 3.63) is 5.82 Å². The van der Waals surface area contributed by atoms with Crippen LogP contribution in [0.5, 0.6) is 0 Å². The molecule has 0 saturated carbocycles. The van der Waals surface area contributed by atoms with E-state index in [0.717, 1.165) is 18.7 Å². The molecule has 5 heteroatoms. The zero-order valence-electron chi connectivity index (χ0n) is 11.1. The molecule has 2 N–H and O–H groups in total. The summed E-state index contributed by atoms with van der Waals surface area (Å²) in [6.45, 7) is 2.24. The van der Waals surface area contributed by atoms with Gasteiger partial charge in [0.05, 0.1) is 7.05 Å². The standard InChI is InChI=1S/C12H25N5/c1-3-4-5-6-7-8-9-11(13)10-12-14-16-17(2)15-12/h11H,3-10,13H2,1-2H3. The highest BCUT2D eigenvalue weighted by Gasteiger charge is 2.07. The molecule has 1 aromatic rings. The van der Waals surface area contributed by atoms with Crippen molar-refractivity contribution in [2.45, 2.75) is 64.3 Å². The van der Waals surface area contributed by atoms with E-state index >= 15 is 0 Å². The van der Waals surface area contributed by atoms with E-state index in [-0.39, 0.29) is 6.04 Å². The fourth-order valence-electron chi connectivity index (χ4n) is 1.93. The summed E-state index contributed by atoms with van der Waals surface area (Å²) in [6.07, 6.45) is 9.66. The Balaban J connectivity index is 2.03. The largest absolute Gasteiger partial charge is 0.327 e. The Morgan fingerprint density at radius 3 is 2.53 bits per heavy atom. The van der Waals surface area contributed by atoms with Gasteiger partial charge in [-0.25, -0.2) is 0 Å². The maximum absolute atomic E-state index is 6.04. The molecule has 0 amide bonds. The van der Waals surface area contributed by atoms with Crippen molar-refractivity contribution in [1.29, 1.82) is 0 Å². The predicted octanol–water partition coefficient (Wildman–Crippen LogP) is 1.83. The van der Waals surface area contributed by atoms with Gasteiger partial charge in [0, 0.05) is 12.5 Å². The predicted molar refractivity (Wildman–Crippen MR) is 68.5 cm³/mol. The van der Waals surface area contributed by atoms with Crippen LogP contribution in [0.3, 0.4) is 0 Å². The molecule has 0 aromatic carbocycles. The van der Waals surface area contributed by atoms with Gasteiger partial charge in [0.25, 0.3) is 0 Å². The first-order valence-corrected chi connectivity index (χ1v) is 6.70. The molecule has 1 rings (SSSR count). The van der Waals surface area contributed by atoms with Crippen LogP contribution >= 0.6 is 0 Å². The van der Waals surface area contributed by atoms with E-state index in [0.29, 0.717) is 0 Å². The third kappa shape index (κ3) is 6.36. The number of aryl methyl sites for hydroxylation is 1. The van der Waals surface area contributed by atoms with Crippen LogP contribution in [0.4, 0.5) is 0 Å². The zero-order valence-corrected chi connectivity index (χ0v) is 11.1. The molecule has 1 unspecified atom stereocenters. The molecule has 0 saturated heterocycles. The number of tetrazole rings is 1. The SMILES string of the molecule is CCCCCCCCC(N)Cc1nnn(C)n1. The molecule has 17 heavy (non-hydrogen) atoms. The van der Waals surface area contributed by atoms with E-state index < -0.39 is 0 Å². The quantitative estimate of drug-likeness (QED) is 0.667. The van der Waals surface area contributed by atoms with Crippen molar-refractivity contribution < 1.29 is 0 Å². The highest BCUT2D eigenvalue weighted by molar-refractivity contribution is 4.82. The second-order valence-corrected chi connectivity index (χ2v) is 4.72. The van der Waals surface area contributed by atoms with Crippen molar-refractivity contribution >= 4 is 0 Å². The molecule has 1 atom stereocenters. The summed E-state index contributed by atoms with van der Waals surface area (Å²) in [5.41, 5.74) is 6.04. The first-order chi connectivity index (χ1) is 8.22. The Hall–Kier alpha value is -0.970. The van der Waals surface area contributed by atoms with Gasteiger partial charge < -0.3 is 5.73 Å². The van der Waals surface area contributed by atoms with Crippen molar-refractivity contribution in [2.24, 2.45) is 12.8 Å². The molecule has 1 heterocycles. The van der Waals surface area contributed by atoms with E-state index in [2.05, 4.69) is 22.3 Å². The minimum atomic E-state index is 0.172. The van der Waals surface area contributed by atoms with Crippen LogP contribution in [-0.2, 0) is 13.5 Å². The summed E-state index contributed by atoms with van der Waals surface area (Å²) in [4.78, 5) is 1.48. The summed E-state index contributed by atoms with van der Waals surface area (Å²) < 4.78 is 0. The lowest BCUT2D eigenvalue weighted by atomic mass is 10.0. The maximum atomic E-state index is 6.04. The monoisotopic (exact) mass is 239 g/mol. The van der Waals surface area contributed by atoms with E-state index in [4.69, 9.17) is 5.73 Å². The van der Waals surface area contributed by atoms with Crippen molar-refractivity contribution in [3.8, 4) is 0 Å². The Bertz CT molecular complexity index is 297. The highest BCUT2D eigenvalue weighted by atomic mass is 15.6.